The van der Waals surface area contributed by atoms with Crippen LogP contribution in [0.2, 0.25) is 0 Å². The summed E-state index contributed by atoms with van der Waals surface area (Å²) in [5.41, 5.74) is 1.06. The van der Waals surface area contributed by atoms with Gasteiger partial charge in [0.25, 0.3) is 5.91 Å². The Morgan fingerprint density at radius 2 is 2.07 bits per heavy atom. The molecule has 1 fully saturated rings. The molecule has 0 radical (unpaired) electrons. The van der Waals surface area contributed by atoms with Gasteiger partial charge in [0.05, 0.1) is 5.69 Å². The van der Waals surface area contributed by atoms with E-state index >= 15 is 0 Å². The van der Waals surface area contributed by atoms with Crippen LogP contribution in [0, 0.1) is 5.41 Å². The maximum absolute atomic E-state index is 13.2. The first kappa shape index (κ1) is 17.6. The van der Waals surface area contributed by atoms with Crippen molar-refractivity contribution in [1.29, 1.82) is 0 Å². The number of carbonyl (C=O) groups is 2. The van der Waals surface area contributed by atoms with E-state index in [9.17, 15) is 14.7 Å². The Hall–Kier alpha value is -2.83. The predicted molar refractivity (Wildman–Crippen MR) is 97.9 cm³/mol. The summed E-state index contributed by atoms with van der Waals surface area (Å²) >= 11 is 0. The van der Waals surface area contributed by atoms with E-state index in [1.165, 1.54) is 0 Å². The molecule has 2 aliphatic rings. The minimum absolute atomic E-state index is 0.0659. The quantitative estimate of drug-likeness (QED) is 0.897. The number of carboxylic acid groups (broad SMARTS) is 1. The summed E-state index contributed by atoms with van der Waals surface area (Å²) in [5, 5.41) is 14.4. The normalized spacial score (nSPS) is 23.7. The van der Waals surface area contributed by atoms with Crippen molar-refractivity contribution in [2.75, 3.05) is 19.7 Å². The number of rotatable bonds is 3. The maximum Gasteiger partial charge on any atom is 0.315 e. The van der Waals surface area contributed by atoms with Gasteiger partial charge in [-0.3, -0.25) is 14.3 Å². The first-order chi connectivity index (χ1) is 12.8. The molecule has 1 N–H and O–H groups in total. The van der Waals surface area contributed by atoms with Gasteiger partial charge in [-0.15, -0.1) is 0 Å². The largest absolute Gasteiger partial charge is 0.492 e. The van der Waals surface area contributed by atoms with E-state index in [2.05, 4.69) is 5.10 Å². The van der Waals surface area contributed by atoms with Crippen LogP contribution in [0.4, 0.5) is 0 Å². The van der Waals surface area contributed by atoms with Gasteiger partial charge in [-0.1, -0.05) is 32.0 Å². The fourth-order valence-electron chi connectivity index (χ4n) is 4.13. The second kappa shape index (κ2) is 6.11. The van der Waals surface area contributed by atoms with Gasteiger partial charge in [-0.25, -0.2) is 0 Å². The summed E-state index contributed by atoms with van der Waals surface area (Å²) in [6, 6.07) is 9.29. The third-order valence-electron chi connectivity index (χ3n) is 5.75. The van der Waals surface area contributed by atoms with Crippen molar-refractivity contribution in [2.45, 2.75) is 25.7 Å². The summed E-state index contributed by atoms with van der Waals surface area (Å²) < 4.78 is 7.34. The highest BCUT2D eigenvalue weighted by molar-refractivity contribution is 5.94. The highest BCUT2D eigenvalue weighted by Gasteiger charge is 2.57. The van der Waals surface area contributed by atoms with Crippen LogP contribution in [0.15, 0.2) is 30.3 Å². The van der Waals surface area contributed by atoms with Crippen molar-refractivity contribution in [3.63, 3.8) is 0 Å². The van der Waals surface area contributed by atoms with Crippen molar-refractivity contribution < 1.29 is 19.4 Å². The smallest absolute Gasteiger partial charge is 0.315 e. The molecule has 2 atom stereocenters. The lowest BCUT2D eigenvalue weighted by molar-refractivity contribution is -0.151. The van der Waals surface area contributed by atoms with Crippen LogP contribution >= 0.6 is 0 Å². The molecule has 0 bridgehead atoms. The van der Waals surface area contributed by atoms with E-state index in [-0.39, 0.29) is 30.9 Å². The van der Waals surface area contributed by atoms with Crippen LogP contribution in [0.5, 0.6) is 5.75 Å². The zero-order valence-electron chi connectivity index (χ0n) is 15.7. The van der Waals surface area contributed by atoms with Crippen molar-refractivity contribution in [3.8, 4) is 5.75 Å². The van der Waals surface area contributed by atoms with E-state index in [1.54, 1.807) is 22.7 Å². The molecule has 2 aromatic rings. The summed E-state index contributed by atoms with van der Waals surface area (Å²) in [4.78, 5) is 27.0. The molecular formula is C20H23N3O4. The van der Waals surface area contributed by atoms with Crippen LogP contribution in [-0.4, -0.2) is 51.4 Å². The minimum Gasteiger partial charge on any atom is -0.492 e. The van der Waals surface area contributed by atoms with Gasteiger partial charge in [0.2, 0.25) is 0 Å². The highest BCUT2D eigenvalue weighted by atomic mass is 16.5. The van der Waals surface area contributed by atoms with E-state index in [0.29, 0.717) is 18.0 Å². The van der Waals surface area contributed by atoms with E-state index < -0.39 is 11.4 Å². The summed E-state index contributed by atoms with van der Waals surface area (Å²) in [7, 11) is 1.74. The average Bonchev–Trinajstić information content (AvgIpc) is 3.23. The molecule has 2 aliphatic heterocycles. The fraction of sp³-hybridized carbons (Fsp3) is 0.450. The maximum atomic E-state index is 13.2. The standard InChI is InChI=1S/C20H23N3O4/c1-12(2)15-8-16(22(3)21-15)18(24)23-9-14-13-6-4-5-7-17(13)27-11-20(14,10-23)19(25)26/h4-8,12,14H,9-11H2,1-3H3,(H,25,26)/t14?,20-/m1/s1. The lowest BCUT2D eigenvalue weighted by atomic mass is 9.73. The molecule has 1 saturated heterocycles. The molecule has 7 heteroatoms. The van der Waals surface area contributed by atoms with E-state index in [4.69, 9.17) is 4.74 Å². The number of nitrogens with zero attached hydrogens (tertiary/aromatic N) is 3. The molecule has 1 aromatic carbocycles. The highest BCUT2D eigenvalue weighted by Crippen LogP contribution is 2.49. The zero-order valence-corrected chi connectivity index (χ0v) is 15.7. The van der Waals surface area contributed by atoms with Gasteiger partial charge in [-0.05, 0) is 18.1 Å². The number of carbonyl (C=O) groups excluding carboxylic acids is 1. The number of hydrogen-bond acceptors (Lipinski definition) is 4. The Balaban J connectivity index is 1.70. The number of aliphatic carboxylic acids is 1. The molecule has 0 spiro atoms. The molecule has 1 aromatic heterocycles. The Morgan fingerprint density at radius 1 is 1.33 bits per heavy atom. The van der Waals surface area contributed by atoms with Crippen LogP contribution in [0.1, 0.15) is 47.4 Å². The second-order valence-electron chi connectivity index (χ2n) is 7.76. The van der Waals surface area contributed by atoms with Crippen LogP contribution in [0.25, 0.3) is 0 Å². The second-order valence-corrected chi connectivity index (χ2v) is 7.76. The molecule has 4 rings (SSSR count). The number of aryl methyl sites for hydroxylation is 1. The number of ether oxygens (including phenoxy) is 1. The number of carboxylic acids is 1. The number of para-hydroxylation sites is 1. The predicted octanol–water partition coefficient (Wildman–Crippen LogP) is 2.25. The average molecular weight is 369 g/mol. The van der Waals surface area contributed by atoms with Crippen molar-refractivity contribution >= 4 is 11.9 Å². The molecule has 3 heterocycles. The monoisotopic (exact) mass is 369 g/mol. The lowest BCUT2D eigenvalue weighted by Gasteiger charge is -2.35. The van der Waals surface area contributed by atoms with Crippen LogP contribution in [-0.2, 0) is 11.8 Å². The number of hydrogen-bond donors (Lipinski definition) is 1. The van der Waals surface area contributed by atoms with Gasteiger partial charge < -0.3 is 14.7 Å². The molecule has 0 aliphatic carbocycles. The molecule has 1 amide bonds. The first-order valence-electron chi connectivity index (χ1n) is 9.12. The molecular weight excluding hydrogens is 346 g/mol. The van der Waals surface area contributed by atoms with Crippen molar-refractivity contribution in [3.05, 3.63) is 47.3 Å². The van der Waals surface area contributed by atoms with Crippen molar-refractivity contribution in [1.82, 2.24) is 14.7 Å². The zero-order chi connectivity index (χ0) is 19.3. The Morgan fingerprint density at radius 3 is 2.74 bits per heavy atom. The fourth-order valence-corrected chi connectivity index (χ4v) is 4.13. The summed E-state index contributed by atoms with van der Waals surface area (Å²) in [6.07, 6.45) is 0. The number of likely N-dealkylation sites (tertiary alicyclic amines) is 1. The Labute approximate surface area is 157 Å². The Bertz CT molecular complexity index is 920. The molecule has 7 nitrogen and oxygen atoms in total. The number of benzene rings is 1. The number of aromatic nitrogens is 2. The van der Waals surface area contributed by atoms with E-state index in [0.717, 1.165) is 11.3 Å². The van der Waals surface area contributed by atoms with Gasteiger partial charge in [0, 0.05) is 31.6 Å². The van der Waals surface area contributed by atoms with Gasteiger partial charge in [0.1, 0.15) is 23.5 Å². The minimum atomic E-state index is -1.12. The number of fused-ring (bicyclic) bond motifs is 3. The molecule has 142 valence electrons. The Kier molecular flexibility index (Phi) is 3.98. The first-order valence-corrected chi connectivity index (χ1v) is 9.12. The molecule has 27 heavy (non-hydrogen) atoms. The summed E-state index contributed by atoms with van der Waals surface area (Å²) in [5.74, 6) is -0.489. The third-order valence-corrected chi connectivity index (χ3v) is 5.75. The van der Waals surface area contributed by atoms with Crippen LogP contribution in [0.3, 0.4) is 0 Å². The van der Waals surface area contributed by atoms with Gasteiger partial charge in [0.15, 0.2) is 0 Å². The van der Waals surface area contributed by atoms with E-state index in [1.807, 2.05) is 38.1 Å². The number of amides is 1. The van der Waals surface area contributed by atoms with Crippen LogP contribution < -0.4 is 4.74 Å². The SMILES string of the molecule is CC(C)c1cc(C(=O)N2CC3c4ccccc4OC[C@]3(C(=O)O)C2)n(C)n1. The topological polar surface area (TPSA) is 84.7 Å². The summed E-state index contributed by atoms with van der Waals surface area (Å²) in [6.45, 7) is 4.59. The lowest BCUT2D eigenvalue weighted by Crippen LogP contribution is -2.46. The van der Waals surface area contributed by atoms with Gasteiger partial charge in [-0.2, -0.15) is 5.10 Å². The molecule has 0 saturated carbocycles. The molecule has 1 unspecified atom stereocenters. The van der Waals surface area contributed by atoms with Crippen molar-refractivity contribution in [2.24, 2.45) is 12.5 Å². The third kappa shape index (κ3) is 2.60. The van der Waals surface area contributed by atoms with Gasteiger partial charge >= 0.3 is 5.97 Å².